The van der Waals surface area contributed by atoms with Crippen LogP contribution in [0.4, 0.5) is 5.95 Å². The topological polar surface area (TPSA) is 78.3 Å². The molecule has 6 rings (SSSR count). The summed E-state index contributed by atoms with van der Waals surface area (Å²) in [5.74, 6) is 1.66. The Hall–Kier alpha value is -3.56. The molecule has 1 saturated carbocycles. The average molecular weight is 702 g/mol. The molecule has 1 N–H and O–H groups in total. The summed E-state index contributed by atoms with van der Waals surface area (Å²) >= 11 is 5.24. The van der Waals surface area contributed by atoms with Gasteiger partial charge in [-0.25, -0.2) is 9.48 Å². The van der Waals surface area contributed by atoms with Crippen molar-refractivity contribution in [2.45, 2.75) is 94.9 Å². The molecule has 46 heavy (non-hydrogen) atoms. The first-order chi connectivity index (χ1) is 22.2. The number of allylic oxidation sites excluding steroid dienone is 1. The van der Waals surface area contributed by atoms with E-state index in [2.05, 4.69) is 78.4 Å². The highest BCUT2D eigenvalue weighted by molar-refractivity contribution is 9.10. The summed E-state index contributed by atoms with van der Waals surface area (Å²) < 4.78 is 15.4. The molecule has 1 unspecified atom stereocenters. The molecule has 7 nitrogen and oxygen atoms in total. The van der Waals surface area contributed by atoms with Crippen LogP contribution in [0.15, 0.2) is 93.7 Å². The van der Waals surface area contributed by atoms with Gasteiger partial charge in [0.05, 0.1) is 5.57 Å². The van der Waals surface area contributed by atoms with Crippen molar-refractivity contribution in [3.63, 3.8) is 0 Å². The van der Waals surface area contributed by atoms with Crippen molar-refractivity contribution in [2.24, 2.45) is 0 Å². The fraction of sp³-hybridized carbons (Fsp3) is 0.378. The molecule has 1 aromatic heterocycles. The van der Waals surface area contributed by atoms with E-state index in [4.69, 9.17) is 19.6 Å². The normalized spacial score (nSPS) is 16.9. The van der Waals surface area contributed by atoms with Crippen molar-refractivity contribution in [3.8, 4) is 5.75 Å². The van der Waals surface area contributed by atoms with E-state index in [1.165, 1.54) is 17.5 Å². The monoisotopic (exact) mass is 700 g/mol. The molecule has 1 fully saturated rings. The minimum Gasteiger partial charge on any atom is -0.489 e. The van der Waals surface area contributed by atoms with Crippen molar-refractivity contribution in [3.05, 3.63) is 111 Å². The van der Waals surface area contributed by atoms with Crippen LogP contribution in [0.5, 0.6) is 5.75 Å². The zero-order chi connectivity index (χ0) is 32.3. The number of ether oxygens (including phenoxy) is 2. The van der Waals surface area contributed by atoms with Gasteiger partial charge in [0.15, 0.2) is 0 Å². The molecule has 1 aliphatic heterocycles. The number of nitrogens with one attached hydrogen (secondary N) is 1. The lowest BCUT2D eigenvalue weighted by molar-refractivity contribution is -0.146. The van der Waals surface area contributed by atoms with Gasteiger partial charge in [0.25, 0.3) is 0 Å². The van der Waals surface area contributed by atoms with Crippen LogP contribution in [0.2, 0.25) is 0 Å². The number of fused-ring (bicyclic) bond motifs is 1. The van der Waals surface area contributed by atoms with Crippen LogP contribution in [0, 0.1) is 0 Å². The third-order valence-electron chi connectivity index (χ3n) is 8.57. The van der Waals surface area contributed by atoms with E-state index in [0.29, 0.717) is 34.7 Å². The number of carbonyl (C=O) groups excluding carboxylic acids is 1. The molecular formula is C37H41BrN4O3S. The Balaban J connectivity index is 1.34. The number of hydrogen-bond donors (Lipinski definition) is 1. The highest BCUT2D eigenvalue weighted by Crippen LogP contribution is 2.42. The van der Waals surface area contributed by atoms with E-state index >= 15 is 0 Å². The maximum Gasteiger partial charge on any atom is 0.338 e. The molecule has 9 heteroatoms. The predicted molar refractivity (Wildman–Crippen MR) is 187 cm³/mol. The second-order valence-electron chi connectivity index (χ2n) is 13.1. The number of halogens is 1. The molecule has 240 valence electrons. The summed E-state index contributed by atoms with van der Waals surface area (Å²) in [7, 11) is 0. The molecule has 2 aliphatic rings. The fourth-order valence-corrected chi connectivity index (χ4v) is 7.15. The lowest BCUT2D eigenvalue weighted by Crippen LogP contribution is -2.32. The summed E-state index contributed by atoms with van der Waals surface area (Å²) in [4.78, 5) is 18.9. The van der Waals surface area contributed by atoms with E-state index < -0.39 is 6.04 Å². The van der Waals surface area contributed by atoms with Gasteiger partial charge < -0.3 is 14.8 Å². The van der Waals surface area contributed by atoms with Crippen LogP contribution in [0.3, 0.4) is 0 Å². The largest absolute Gasteiger partial charge is 0.489 e. The molecule has 0 radical (unpaired) electrons. The Morgan fingerprint density at radius 2 is 1.74 bits per heavy atom. The Labute approximate surface area is 284 Å². The standard InChI is InChI=1S/C37H41BrN4O3S/c1-24-32(34(43)45-29-13-9-6-10-14-29)33(42-35(39-24)40-36(41-42)46-23-26-11-7-5-8-12-26)30-21-28(38)19-20-31(30)44-22-25-15-17-27(18-16-25)37(2,3)4/h5,7-8,11-12,15-21,29,33H,6,9-10,13-14,22-23H2,1-4H3,(H,39,40,41). The van der Waals surface area contributed by atoms with Crippen LogP contribution in [-0.2, 0) is 27.3 Å². The second-order valence-corrected chi connectivity index (χ2v) is 14.9. The van der Waals surface area contributed by atoms with E-state index in [-0.39, 0.29) is 17.5 Å². The molecule has 2 heterocycles. The predicted octanol–water partition coefficient (Wildman–Crippen LogP) is 9.37. The van der Waals surface area contributed by atoms with Gasteiger partial charge in [-0.2, -0.15) is 4.98 Å². The molecule has 1 aliphatic carbocycles. The highest BCUT2D eigenvalue weighted by atomic mass is 79.9. The first kappa shape index (κ1) is 32.4. The molecule has 1 atom stereocenters. The second kappa shape index (κ2) is 14.1. The SMILES string of the molecule is CC1=C(C(=O)OC2CCCCC2)C(c2cc(Br)ccc2OCc2ccc(C(C)(C)C)cc2)n2nc(SCc3ccccc3)nc2N1. The Morgan fingerprint density at radius 3 is 2.46 bits per heavy atom. The van der Waals surface area contributed by atoms with Crippen LogP contribution >= 0.6 is 27.7 Å². The number of hydrogen-bond acceptors (Lipinski definition) is 7. The quantitative estimate of drug-likeness (QED) is 0.138. The minimum absolute atomic E-state index is 0.0772. The third kappa shape index (κ3) is 7.52. The Morgan fingerprint density at radius 1 is 1.00 bits per heavy atom. The number of carbonyl (C=O) groups is 1. The van der Waals surface area contributed by atoms with E-state index in [0.717, 1.165) is 47.0 Å². The number of anilines is 1. The van der Waals surface area contributed by atoms with Gasteiger partial charge in [0.2, 0.25) is 11.1 Å². The first-order valence-electron chi connectivity index (χ1n) is 16.0. The molecule has 3 aromatic carbocycles. The zero-order valence-electron chi connectivity index (χ0n) is 26.9. The lowest BCUT2D eigenvalue weighted by Gasteiger charge is -2.31. The summed E-state index contributed by atoms with van der Waals surface area (Å²) in [6.45, 7) is 8.93. The van der Waals surface area contributed by atoms with Crippen LogP contribution in [0.1, 0.15) is 88.1 Å². The zero-order valence-corrected chi connectivity index (χ0v) is 29.3. The number of benzene rings is 3. The van der Waals surface area contributed by atoms with Gasteiger partial charge in [0.1, 0.15) is 24.5 Å². The maximum absolute atomic E-state index is 14.0. The van der Waals surface area contributed by atoms with Crippen molar-refractivity contribution >= 4 is 39.6 Å². The summed E-state index contributed by atoms with van der Waals surface area (Å²) in [5, 5.41) is 8.94. The minimum atomic E-state index is -0.596. The van der Waals surface area contributed by atoms with Crippen LogP contribution in [-0.4, -0.2) is 26.8 Å². The molecule has 0 spiro atoms. The van der Waals surface area contributed by atoms with Crippen LogP contribution < -0.4 is 10.1 Å². The van der Waals surface area contributed by atoms with Gasteiger partial charge in [-0.15, -0.1) is 5.10 Å². The van der Waals surface area contributed by atoms with Gasteiger partial charge in [-0.1, -0.05) is 109 Å². The van der Waals surface area contributed by atoms with Gasteiger partial charge in [-0.05, 0) is 72.9 Å². The fourth-order valence-electron chi connectivity index (χ4n) is 5.99. The number of aromatic nitrogens is 3. The summed E-state index contributed by atoms with van der Waals surface area (Å²) in [6, 6.07) is 24.2. The number of nitrogens with zero attached hydrogens (tertiary/aromatic N) is 3. The van der Waals surface area contributed by atoms with Crippen molar-refractivity contribution in [1.82, 2.24) is 14.8 Å². The van der Waals surface area contributed by atoms with Crippen molar-refractivity contribution in [2.75, 3.05) is 5.32 Å². The average Bonchev–Trinajstić information content (AvgIpc) is 3.45. The number of esters is 1. The smallest absolute Gasteiger partial charge is 0.338 e. The summed E-state index contributed by atoms with van der Waals surface area (Å²) in [6.07, 6.45) is 5.05. The number of rotatable bonds is 9. The summed E-state index contributed by atoms with van der Waals surface area (Å²) in [5.41, 5.74) is 5.63. The van der Waals surface area contributed by atoms with E-state index in [1.54, 1.807) is 11.8 Å². The molecule has 0 amide bonds. The van der Waals surface area contributed by atoms with E-state index in [1.807, 2.05) is 48.0 Å². The molecule has 0 saturated heterocycles. The lowest BCUT2D eigenvalue weighted by atomic mass is 9.87. The molecular weight excluding hydrogens is 660 g/mol. The van der Waals surface area contributed by atoms with Crippen molar-refractivity contribution in [1.29, 1.82) is 0 Å². The van der Waals surface area contributed by atoms with Gasteiger partial charge in [0, 0.05) is 21.5 Å². The Bertz CT molecular complexity index is 1710. The van der Waals surface area contributed by atoms with E-state index in [9.17, 15) is 4.79 Å². The molecule has 4 aromatic rings. The Kier molecular flexibility index (Phi) is 9.89. The van der Waals surface area contributed by atoms with Crippen LogP contribution in [0.25, 0.3) is 0 Å². The maximum atomic E-state index is 14.0. The first-order valence-corrected chi connectivity index (χ1v) is 17.8. The molecule has 0 bridgehead atoms. The highest BCUT2D eigenvalue weighted by Gasteiger charge is 2.38. The van der Waals surface area contributed by atoms with Crippen molar-refractivity contribution < 1.29 is 14.3 Å². The van der Waals surface area contributed by atoms with Gasteiger partial charge >= 0.3 is 5.97 Å². The third-order valence-corrected chi connectivity index (χ3v) is 9.97. The number of thioether (sulfide) groups is 1. The van der Waals surface area contributed by atoms with Gasteiger partial charge in [-0.3, -0.25) is 0 Å².